The molecule has 1 atom stereocenters. The summed E-state index contributed by atoms with van der Waals surface area (Å²) in [6.45, 7) is 18.4. The second kappa shape index (κ2) is 7.11. The summed E-state index contributed by atoms with van der Waals surface area (Å²) in [5, 5.41) is 0. The fourth-order valence-corrected chi connectivity index (χ4v) is 2.72. The smallest absolute Gasteiger partial charge is 0.215 e. The molecule has 1 unspecified atom stereocenters. The van der Waals surface area contributed by atoms with Crippen LogP contribution in [0, 0.1) is 6.92 Å². The molecule has 0 aliphatic rings. The minimum Gasteiger partial charge on any atom is -0.449 e. The molecule has 0 spiro atoms. The highest BCUT2D eigenvalue weighted by Gasteiger charge is 2.26. The van der Waals surface area contributed by atoms with Crippen LogP contribution in [0.25, 0.3) is 0 Å². The predicted octanol–water partition coefficient (Wildman–Crippen LogP) is 5.90. The summed E-state index contributed by atoms with van der Waals surface area (Å²) >= 11 is 0. The monoisotopic (exact) mass is 310 g/mol. The summed E-state index contributed by atoms with van der Waals surface area (Å²) in [6, 6.07) is 4.59. The van der Waals surface area contributed by atoms with Gasteiger partial charge in [0.15, 0.2) is 0 Å². The number of rotatable bonds is 6. The van der Waals surface area contributed by atoms with Gasteiger partial charge in [0, 0.05) is 5.56 Å². The Labute approximate surface area is 132 Å². The molecular formula is C18H31O2P. The lowest BCUT2D eigenvalue weighted by Crippen LogP contribution is -2.19. The Morgan fingerprint density at radius 2 is 1.67 bits per heavy atom. The molecule has 3 heteroatoms. The minimum absolute atomic E-state index is 0.0522. The Hall–Kier alpha value is -0.590. The molecule has 0 heterocycles. The van der Waals surface area contributed by atoms with E-state index in [1.807, 2.05) is 6.92 Å². The lowest BCUT2D eigenvalue weighted by atomic mass is 9.77. The van der Waals surface area contributed by atoms with Gasteiger partial charge in [-0.3, -0.25) is 0 Å². The zero-order valence-electron chi connectivity index (χ0n) is 14.9. The number of hydrogen-bond donors (Lipinski definition) is 0. The first-order valence-corrected chi connectivity index (χ1v) is 8.64. The van der Waals surface area contributed by atoms with Crippen LogP contribution in [0.1, 0.15) is 71.6 Å². The molecule has 120 valence electrons. The fourth-order valence-electron chi connectivity index (χ4n) is 2.19. The molecule has 0 aromatic heterocycles. The van der Waals surface area contributed by atoms with E-state index in [4.69, 9.17) is 9.05 Å². The number of aryl methyl sites for hydroxylation is 1. The van der Waals surface area contributed by atoms with E-state index in [2.05, 4.69) is 60.6 Å². The molecule has 0 radical (unpaired) electrons. The maximum atomic E-state index is 5.94. The summed E-state index contributed by atoms with van der Waals surface area (Å²) in [5.74, 6) is 0.991. The van der Waals surface area contributed by atoms with Crippen LogP contribution in [0.2, 0.25) is 0 Å². The molecule has 0 bridgehead atoms. The van der Waals surface area contributed by atoms with Gasteiger partial charge >= 0.3 is 0 Å². The molecule has 0 saturated carbocycles. The number of benzene rings is 1. The molecule has 1 aromatic carbocycles. The molecule has 0 aliphatic heterocycles. The Morgan fingerprint density at radius 1 is 1.05 bits per heavy atom. The van der Waals surface area contributed by atoms with Crippen molar-refractivity contribution in [2.75, 3.05) is 6.61 Å². The molecule has 2 nitrogen and oxygen atoms in total. The van der Waals surface area contributed by atoms with E-state index in [1.54, 1.807) is 0 Å². The van der Waals surface area contributed by atoms with E-state index in [0.717, 1.165) is 12.2 Å². The van der Waals surface area contributed by atoms with E-state index in [1.165, 1.54) is 16.7 Å². The summed E-state index contributed by atoms with van der Waals surface area (Å²) in [6.07, 6.45) is 1.12. The lowest BCUT2D eigenvalue weighted by Gasteiger charge is -2.30. The highest BCUT2D eigenvalue weighted by atomic mass is 31.1. The fraction of sp³-hybridized carbons (Fsp3) is 0.667. The topological polar surface area (TPSA) is 18.5 Å². The second-order valence-corrected chi connectivity index (χ2v) is 7.94. The third-order valence-electron chi connectivity index (χ3n) is 4.09. The summed E-state index contributed by atoms with van der Waals surface area (Å²) in [7, 11) is 0.0652. The van der Waals surface area contributed by atoms with Crippen molar-refractivity contribution < 1.29 is 9.05 Å². The van der Waals surface area contributed by atoms with Crippen molar-refractivity contribution in [3.8, 4) is 5.75 Å². The average Bonchev–Trinajstić information content (AvgIpc) is 2.39. The van der Waals surface area contributed by atoms with Crippen molar-refractivity contribution in [3.63, 3.8) is 0 Å². The predicted molar refractivity (Wildman–Crippen MR) is 93.8 cm³/mol. The largest absolute Gasteiger partial charge is 0.449 e. The second-order valence-electron chi connectivity index (χ2n) is 7.28. The highest BCUT2D eigenvalue weighted by Crippen LogP contribution is 2.41. The molecule has 0 saturated heterocycles. The SMILES string of the molecule is CCOPOc1c(C)cc(C(C)(C)CC)cc1C(C)(C)C. The molecule has 0 fully saturated rings. The number of hydrogen-bond acceptors (Lipinski definition) is 2. The Morgan fingerprint density at radius 3 is 2.14 bits per heavy atom. The lowest BCUT2D eigenvalue weighted by molar-refractivity contribution is 0.348. The first-order valence-electron chi connectivity index (χ1n) is 7.82. The highest BCUT2D eigenvalue weighted by molar-refractivity contribution is 7.26. The Kier molecular flexibility index (Phi) is 6.25. The van der Waals surface area contributed by atoms with Crippen LogP contribution >= 0.6 is 9.03 Å². The van der Waals surface area contributed by atoms with Crippen molar-refractivity contribution in [2.24, 2.45) is 0 Å². The first-order chi connectivity index (χ1) is 9.63. The van der Waals surface area contributed by atoms with Gasteiger partial charge in [-0.1, -0.05) is 53.7 Å². The van der Waals surface area contributed by atoms with Gasteiger partial charge in [0.25, 0.3) is 0 Å². The van der Waals surface area contributed by atoms with E-state index in [-0.39, 0.29) is 19.9 Å². The van der Waals surface area contributed by atoms with E-state index < -0.39 is 0 Å². The van der Waals surface area contributed by atoms with Crippen molar-refractivity contribution in [2.45, 2.75) is 72.6 Å². The van der Waals surface area contributed by atoms with E-state index in [0.29, 0.717) is 6.61 Å². The molecule has 0 amide bonds. The maximum absolute atomic E-state index is 5.94. The summed E-state index contributed by atoms with van der Waals surface area (Å²) in [5.41, 5.74) is 4.10. The van der Waals surface area contributed by atoms with Crippen LogP contribution in [0.4, 0.5) is 0 Å². The van der Waals surface area contributed by atoms with Crippen molar-refractivity contribution in [3.05, 3.63) is 28.8 Å². The summed E-state index contributed by atoms with van der Waals surface area (Å²) in [4.78, 5) is 0. The summed E-state index contributed by atoms with van der Waals surface area (Å²) < 4.78 is 11.3. The van der Waals surface area contributed by atoms with Crippen LogP contribution in [0.5, 0.6) is 5.75 Å². The van der Waals surface area contributed by atoms with Crippen LogP contribution in [-0.2, 0) is 15.4 Å². The van der Waals surface area contributed by atoms with Crippen LogP contribution in [0.15, 0.2) is 12.1 Å². The maximum Gasteiger partial charge on any atom is 0.215 e. The molecule has 0 aliphatic carbocycles. The van der Waals surface area contributed by atoms with Crippen LogP contribution in [0.3, 0.4) is 0 Å². The van der Waals surface area contributed by atoms with Gasteiger partial charge in [0.1, 0.15) is 5.75 Å². The third kappa shape index (κ3) is 4.69. The van der Waals surface area contributed by atoms with Gasteiger partial charge in [0.05, 0.1) is 6.61 Å². The van der Waals surface area contributed by atoms with Crippen LogP contribution < -0.4 is 4.52 Å². The average molecular weight is 310 g/mol. The van der Waals surface area contributed by atoms with E-state index in [9.17, 15) is 0 Å². The third-order valence-corrected chi connectivity index (χ3v) is 4.79. The van der Waals surface area contributed by atoms with Crippen molar-refractivity contribution >= 4 is 9.03 Å². The van der Waals surface area contributed by atoms with Crippen molar-refractivity contribution in [1.29, 1.82) is 0 Å². The molecule has 1 aromatic rings. The normalized spacial score (nSPS) is 13.1. The van der Waals surface area contributed by atoms with Gasteiger partial charge in [-0.05, 0) is 42.2 Å². The van der Waals surface area contributed by atoms with Crippen LogP contribution in [-0.4, -0.2) is 6.61 Å². The zero-order chi connectivity index (χ0) is 16.3. The van der Waals surface area contributed by atoms with E-state index >= 15 is 0 Å². The Bertz CT molecular complexity index is 473. The quantitative estimate of drug-likeness (QED) is 0.481. The standard InChI is InChI=1S/C18H31O2P/c1-9-18(7,8)14-11-13(3)16(20-21-19-10-2)15(12-14)17(4,5)6/h11-12,21H,9-10H2,1-8H3. The zero-order valence-corrected chi connectivity index (χ0v) is 15.9. The molecule has 0 N–H and O–H groups in total. The molecule has 1 rings (SSSR count). The molecular weight excluding hydrogens is 279 g/mol. The first kappa shape index (κ1) is 18.5. The van der Waals surface area contributed by atoms with Gasteiger partial charge in [-0.15, -0.1) is 0 Å². The minimum atomic E-state index is 0.0522. The van der Waals surface area contributed by atoms with Gasteiger partial charge in [-0.25, -0.2) is 0 Å². The van der Waals surface area contributed by atoms with Gasteiger partial charge in [0.2, 0.25) is 9.03 Å². The van der Waals surface area contributed by atoms with Gasteiger partial charge in [-0.2, -0.15) is 0 Å². The van der Waals surface area contributed by atoms with Gasteiger partial charge < -0.3 is 9.05 Å². The Balaban J connectivity index is 3.32. The van der Waals surface area contributed by atoms with Crippen molar-refractivity contribution in [1.82, 2.24) is 0 Å². The molecule has 21 heavy (non-hydrogen) atoms.